The zero-order valence-corrected chi connectivity index (χ0v) is 14.7. The fourth-order valence-corrected chi connectivity index (χ4v) is 2.87. The Hall–Kier alpha value is -0.580. The molecule has 1 aromatic rings. The number of morpholine rings is 1. The quantitative estimate of drug-likeness (QED) is 0.743. The van der Waals surface area contributed by atoms with E-state index in [9.17, 15) is 0 Å². The lowest BCUT2D eigenvalue weighted by atomic mass is 10.1. The van der Waals surface area contributed by atoms with E-state index in [4.69, 9.17) is 9.47 Å². The van der Waals surface area contributed by atoms with Crippen LogP contribution in [0, 0.1) is 5.92 Å². The number of halogens is 1. The first-order valence-corrected chi connectivity index (χ1v) is 8.66. The summed E-state index contributed by atoms with van der Waals surface area (Å²) >= 11 is 3.56. The highest BCUT2D eigenvalue weighted by Gasteiger charge is 2.11. The Morgan fingerprint density at radius 2 is 2.05 bits per heavy atom. The summed E-state index contributed by atoms with van der Waals surface area (Å²) in [7, 11) is 0. The zero-order valence-electron chi connectivity index (χ0n) is 13.1. The predicted molar refractivity (Wildman–Crippen MR) is 90.1 cm³/mol. The summed E-state index contributed by atoms with van der Waals surface area (Å²) in [5.74, 6) is 1.59. The second-order valence-electron chi connectivity index (χ2n) is 6.01. The van der Waals surface area contributed by atoms with E-state index >= 15 is 0 Å². The van der Waals surface area contributed by atoms with Crippen molar-refractivity contribution in [1.29, 1.82) is 0 Å². The van der Waals surface area contributed by atoms with Crippen molar-refractivity contribution in [3.63, 3.8) is 0 Å². The van der Waals surface area contributed by atoms with Gasteiger partial charge in [0.15, 0.2) is 0 Å². The number of ether oxygens (including phenoxy) is 2. The molecule has 1 aromatic carbocycles. The van der Waals surface area contributed by atoms with E-state index in [0.29, 0.717) is 5.92 Å². The second kappa shape index (κ2) is 8.76. The maximum atomic E-state index is 5.94. The van der Waals surface area contributed by atoms with Gasteiger partial charge in [-0.1, -0.05) is 29.8 Å². The van der Waals surface area contributed by atoms with Crippen LogP contribution in [-0.2, 0) is 11.2 Å². The largest absolute Gasteiger partial charge is 0.493 e. The topological polar surface area (TPSA) is 21.7 Å². The highest BCUT2D eigenvalue weighted by Crippen LogP contribution is 2.25. The third-order valence-electron chi connectivity index (χ3n) is 3.62. The van der Waals surface area contributed by atoms with Crippen LogP contribution < -0.4 is 4.74 Å². The molecule has 3 nitrogen and oxygen atoms in total. The predicted octanol–water partition coefficient (Wildman–Crippen LogP) is 3.75. The summed E-state index contributed by atoms with van der Waals surface area (Å²) in [5, 5.41) is 0. The van der Waals surface area contributed by atoms with Crippen molar-refractivity contribution in [2.24, 2.45) is 5.92 Å². The van der Waals surface area contributed by atoms with Gasteiger partial charge in [0, 0.05) is 17.6 Å². The average Bonchev–Trinajstić information content (AvgIpc) is 2.47. The first kappa shape index (κ1) is 16.8. The van der Waals surface area contributed by atoms with Crippen LogP contribution in [0.25, 0.3) is 0 Å². The highest BCUT2D eigenvalue weighted by molar-refractivity contribution is 9.10. The molecule has 0 radical (unpaired) electrons. The van der Waals surface area contributed by atoms with Crippen LogP contribution in [0.15, 0.2) is 22.7 Å². The molecule has 0 amide bonds. The van der Waals surface area contributed by atoms with Gasteiger partial charge >= 0.3 is 0 Å². The maximum absolute atomic E-state index is 5.94. The molecule has 4 heteroatoms. The first-order valence-electron chi connectivity index (χ1n) is 7.86. The Balaban J connectivity index is 1.86. The number of rotatable bonds is 7. The van der Waals surface area contributed by atoms with E-state index in [1.165, 1.54) is 5.56 Å². The van der Waals surface area contributed by atoms with Crippen molar-refractivity contribution in [1.82, 2.24) is 4.90 Å². The van der Waals surface area contributed by atoms with Crippen molar-refractivity contribution in [2.45, 2.75) is 26.7 Å². The number of hydrogen-bond acceptors (Lipinski definition) is 3. The lowest BCUT2D eigenvalue weighted by molar-refractivity contribution is 0.0374. The van der Waals surface area contributed by atoms with Crippen molar-refractivity contribution in [3.05, 3.63) is 28.2 Å². The van der Waals surface area contributed by atoms with Gasteiger partial charge in [-0.25, -0.2) is 0 Å². The smallest absolute Gasteiger partial charge is 0.122 e. The van der Waals surface area contributed by atoms with Crippen LogP contribution in [0.4, 0.5) is 0 Å². The summed E-state index contributed by atoms with van der Waals surface area (Å²) in [6.45, 7) is 10.1. The molecule has 0 atom stereocenters. The van der Waals surface area contributed by atoms with Crippen LogP contribution in [0.5, 0.6) is 5.75 Å². The van der Waals surface area contributed by atoms with Gasteiger partial charge in [-0.2, -0.15) is 0 Å². The van der Waals surface area contributed by atoms with E-state index in [1.54, 1.807) is 0 Å². The average molecular weight is 356 g/mol. The molecule has 2 rings (SSSR count). The maximum Gasteiger partial charge on any atom is 0.122 e. The SMILES string of the molecule is CC(C)COc1ccc(Br)cc1CCCN1CCOCC1. The molecule has 0 bridgehead atoms. The number of benzene rings is 1. The number of nitrogens with zero attached hydrogens (tertiary/aromatic N) is 1. The van der Waals surface area contributed by atoms with Gasteiger partial charge in [0.2, 0.25) is 0 Å². The van der Waals surface area contributed by atoms with Gasteiger partial charge < -0.3 is 9.47 Å². The van der Waals surface area contributed by atoms with E-state index in [-0.39, 0.29) is 0 Å². The fraction of sp³-hybridized carbons (Fsp3) is 0.647. The van der Waals surface area contributed by atoms with E-state index in [2.05, 4.69) is 52.9 Å². The van der Waals surface area contributed by atoms with E-state index in [1.807, 2.05) is 0 Å². The van der Waals surface area contributed by atoms with Gasteiger partial charge in [0.1, 0.15) is 5.75 Å². The minimum Gasteiger partial charge on any atom is -0.493 e. The van der Waals surface area contributed by atoms with Crippen molar-refractivity contribution in [2.75, 3.05) is 39.5 Å². The lowest BCUT2D eigenvalue weighted by Crippen LogP contribution is -2.36. The van der Waals surface area contributed by atoms with Gasteiger partial charge in [-0.15, -0.1) is 0 Å². The summed E-state index contributed by atoms with van der Waals surface area (Å²) in [6, 6.07) is 6.33. The third-order valence-corrected chi connectivity index (χ3v) is 4.11. The Morgan fingerprint density at radius 3 is 2.76 bits per heavy atom. The molecule has 0 N–H and O–H groups in total. The lowest BCUT2D eigenvalue weighted by Gasteiger charge is -2.26. The van der Waals surface area contributed by atoms with Crippen molar-refractivity contribution >= 4 is 15.9 Å². The Labute approximate surface area is 136 Å². The van der Waals surface area contributed by atoms with E-state index < -0.39 is 0 Å². The summed E-state index contributed by atoms with van der Waals surface area (Å²) in [6.07, 6.45) is 2.22. The molecule has 0 aromatic heterocycles. The Morgan fingerprint density at radius 1 is 1.29 bits per heavy atom. The van der Waals surface area contributed by atoms with Crippen LogP contribution in [-0.4, -0.2) is 44.4 Å². The zero-order chi connectivity index (χ0) is 15.1. The second-order valence-corrected chi connectivity index (χ2v) is 6.93. The molecular formula is C17H26BrNO2. The molecule has 0 spiro atoms. The molecular weight excluding hydrogens is 330 g/mol. The number of aryl methyl sites for hydroxylation is 1. The summed E-state index contributed by atoms with van der Waals surface area (Å²) in [4.78, 5) is 2.48. The molecule has 0 aliphatic carbocycles. The molecule has 1 aliphatic rings. The Bertz CT molecular complexity index is 431. The molecule has 118 valence electrons. The van der Waals surface area contributed by atoms with Gasteiger partial charge in [0.05, 0.1) is 19.8 Å². The highest BCUT2D eigenvalue weighted by atomic mass is 79.9. The van der Waals surface area contributed by atoms with E-state index in [0.717, 1.165) is 62.5 Å². The first-order chi connectivity index (χ1) is 10.1. The van der Waals surface area contributed by atoms with Crippen LogP contribution in [0.1, 0.15) is 25.8 Å². The minimum absolute atomic E-state index is 0.551. The molecule has 1 heterocycles. The van der Waals surface area contributed by atoms with Gasteiger partial charge in [-0.05, 0) is 49.1 Å². The van der Waals surface area contributed by atoms with Crippen molar-refractivity contribution < 1.29 is 9.47 Å². The van der Waals surface area contributed by atoms with Crippen LogP contribution in [0.2, 0.25) is 0 Å². The summed E-state index contributed by atoms with van der Waals surface area (Å²) in [5.41, 5.74) is 1.30. The van der Waals surface area contributed by atoms with Crippen molar-refractivity contribution in [3.8, 4) is 5.75 Å². The van der Waals surface area contributed by atoms with Gasteiger partial charge in [0.25, 0.3) is 0 Å². The minimum atomic E-state index is 0.551. The number of hydrogen-bond donors (Lipinski definition) is 0. The molecule has 0 saturated carbocycles. The Kier molecular flexibility index (Phi) is 7.00. The molecule has 21 heavy (non-hydrogen) atoms. The van der Waals surface area contributed by atoms with Gasteiger partial charge in [-0.3, -0.25) is 4.90 Å². The standard InChI is InChI=1S/C17H26BrNO2/c1-14(2)13-21-17-6-5-16(18)12-15(17)4-3-7-19-8-10-20-11-9-19/h5-6,12,14H,3-4,7-11,13H2,1-2H3. The monoisotopic (exact) mass is 355 g/mol. The third kappa shape index (κ3) is 5.97. The fourth-order valence-electron chi connectivity index (χ4n) is 2.46. The summed E-state index contributed by atoms with van der Waals surface area (Å²) < 4.78 is 12.5. The molecule has 1 aliphatic heterocycles. The molecule has 0 unspecified atom stereocenters. The normalized spacial score (nSPS) is 16.4. The van der Waals surface area contributed by atoms with Crippen LogP contribution >= 0.6 is 15.9 Å². The molecule has 1 fully saturated rings. The van der Waals surface area contributed by atoms with Crippen LogP contribution in [0.3, 0.4) is 0 Å². The molecule has 1 saturated heterocycles.